The maximum absolute atomic E-state index is 13.0. The van der Waals surface area contributed by atoms with E-state index in [1.165, 1.54) is 6.07 Å². The summed E-state index contributed by atoms with van der Waals surface area (Å²) in [4.78, 5) is 25.7. The van der Waals surface area contributed by atoms with Gasteiger partial charge in [-0.05, 0) is 30.7 Å². The van der Waals surface area contributed by atoms with Gasteiger partial charge >= 0.3 is 0 Å². The first kappa shape index (κ1) is 18.8. The highest BCUT2D eigenvalue weighted by Crippen LogP contribution is 2.44. The van der Waals surface area contributed by atoms with E-state index in [-0.39, 0.29) is 18.2 Å². The van der Waals surface area contributed by atoms with Gasteiger partial charge in [0.25, 0.3) is 11.6 Å². The van der Waals surface area contributed by atoms with Crippen molar-refractivity contribution in [3.05, 3.63) is 106 Å². The smallest absolute Gasteiger partial charge is 0.274 e. The van der Waals surface area contributed by atoms with Crippen molar-refractivity contribution in [2.45, 2.75) is 25.7 Å². The average molecular weight is 388 g/mol. The van der Waals surface area contributed by atoms with Gasteiger partial charge in [0.2, 0.25) is 0 Å². The number of benzene rings is 3. The number of rotatable bonds is 6. The van der Waals surface area contributed by atoms with Crippen molar-refractivity contribution in [2.75, 3.05) is 4.90 Å². The molecule has 0 N–H and O–H groups in total. The van der Waals surface area contributed by atoms with Crippen molar-refractivity contribution in [2.24, 2.45) is 0 Å². The Bertz CT molecular complexity index is 1030. The Morgan fingerprint density at radius 1 is 0.966 bits per heavy atom. The van der Waals surface area contributed by atoms with E-state index in [4.69, 9.17) is 4.74 Å². The van der Waals surface area contributed by atoms with Crippen molar-refractivity contribution in [1.82, 2.24) is 0 Å². The molecule has 3 aromatic carbocycles. The van der Waals surface area contributed by atoms with Crippen LogP contribution in [0.3, 0.4) is 0 Å². The van der Waals surface area contributed by atoms with Gasteiger partial charge in [0, 0.05) is 11.8 Å². The number of nitro benzene ring substituents is 1. The van der Waals surface area contributed by atoms with E-state index in [0.29, 0.717) is 11.3 Å². The van der Waals surface area contributed by atoms with E-state index in [1.807, 2.05) is 61.5 Å². The van der Waals surface area contributed by atoms with Crippen LogP contribution in [0.1, 0.15) is 22.7 Å². The summed E-state index contributed by atoms with van der Waals surface area (Å²) < 4.78 is 5.94. The van der Waals surface area contributed by atoms with Gasteiger partial charge in [-0.15, -0.1) is 0 Å². The number of amides is 1. The number of para-hydroxylation sites is 1. The zero-order valence-corrected chi connectivity index (χ0v) is 15.9. The second-order valence-corrected chi connectivity index (χ2v) is 7.02. The van der Waals surface area contributed by atoms with E-state index < -0.39 is 17.1 Å². The third-order valence-corrected chi connectivity index (χ3v) is 5.08. The molecule has 1 saturated heterocycles. The van der Waals surface area contributed by atoms with E-state index in [1.54, 1.807) is 23.1 Å². The normalized spacial score (nSPS) is 18.4. The maximum atomic E-state index is 13.0. The van der Waals surface area contributed by atoms with E-state index in [0.717, 1.165) is 11.1 Å². The number of aryl methyl sites for hydroxylation is 1. The number of carbonyl (C=O) groups excluding carboxylic acids is 1. The minimum absolute atomic E-state index is 0.0181. The number of anilines is 1. The molecule has 0 spiro atoms. The first-order valence-electron chi connectivity index (χ1n) is 9.35. The van der Waals surface area contributed by atoms with E-state index in [2.05, 4.69) is 0 Å². The lowest BCUT2D eigenvalue weighted by Crippen LogP contribution is -2.60. The molecule has 3 aromatic rings. The summed E-state index contributed by atoms with van der Waals surface area (Å²) in [6.07, 6.45) is -0.780. The highest BCUT2D eigenvalue weighted by atomic mass is 16.6. The van der Waals surface area contributed by atoms with Crippen LogP contribution in [0.2, 0.25) is 0 Å². The van der Waals surface area contributed by atoms with Gasteiger partial charge in [0.1, 0.15) is 6.04 Å². The molecule has 2 atom stereocenters. The summed E-state index contributed by atoms with van der Waals surface area (Å²) in [5.41, 5.74) is 3.16. The Morgan fingerprint density at radius 2 is 1.62 bits per heavy atom. The van der Waals surface area contributed by atoms with Crippen molar-refractivity contribution < 1.29 is 14.5 Å². The van der Waals surface area contributed by atoms with Crippen LogP contribution in [0, 0.1) is 17.0 Å². The van der Waals surface area contributed by atoms with Crippen LogP contribution < -0.4 is 4.90 Å². The molecule has 4 rings (SSSR count). The predicted octanol–water partition coefficient (Wildman–Crippen LogP) is 4.58. The van der Waals surface area contributed by atoms with Gasteiger partial charge in [0.15, 0.2) is 6.10 Å². The lowest BCUT2D eigenvalue weighted by molar-refractivity contribution is -0.385. The van der Waals surface area contributed by atoms with E-state index >= 15 is 0 Å². The van der Waals surface area contributed by atoms with E-state index in [9.17, 15) is 14.9 Å². The number of ether oxygens (including phenoxy) is 1. The Kier molecular flexibility index (Phi) is 5.10. The van der Waals surface area contributed by atoms with Crippen molar-refractivity contribution >= 4 is 17.3 Å². The first-order valence-corrected chi connectivity index (χ1v) is 9.35. The fourth-order valence-corrected chi connectivity index (χ4v) is 3.58. The number of β-lactam (4-membered cyclic amide) rings is 1. The largest absolute Gasteiger partial charge is 0.361 e. The molecule has 1 amide bonds. The number of hydrogen-bond acceptors (Lipinski definition) is 4. The molecule has 0 radical (unpaired) electrons. The van der Waals surface area contributed by atoms with Gasteiger partial charge in [-0.2, -0.15) is 0 Å². The van der Waals surface area contributed by atoms with Crippen LogP contribution in [0.4, 0.5) is 11.4 Å². The van der Waals surface area contributed by atoms with Gasteiger partial charge in [-0.3, -0.25) is 19.8 Å². The summed E-state index contributed by atoms with van der Waals surface area (Å²) in [7, 11) is 0. The third kappa shape index (κ3) is 3.62. The summed E-state index contributed by atoms with van der Waals surface area (Å²) in [6, 6.07) is 23.0. The molecular weight excluding hydrogens is 368 g/mol. The topological polar surface area (TPSA) is 72.7 Å². The molecule has 0 saturated carbocycles. The molecule has 1 aliphatic rings. The SMILES string of the molecule is Cc1ccc(N2C(=O)[C@@H](OCc3ccccc3)[C@H]2c2ccccc2[N+](=O)[O-])cc1. The second kappa shape index (κ2) is 7.85. The molecule has 1 aliphatic heterocycles. The van der Waals surface area contributed by atoms with Crippen molar-refractivity contribution in [3.8, 4) is 0 Å². The van der Waals surface area contributed by atoms with Gasteiger partial charge in [0.05, 0.1) is 17.1 Å². The Hall–Kier alpha value is -3.51. The molecule has 1 heterocycles. The highest BCUT2D eigenvalue weighted by molar-refractivity contribution is 6.05. The van der Waals surface area contributed by atoms with Gasteiger partial charge in [-0.25, -0.2) is 0 Å². The summed E-state index contributed by atoms with van der Waals surface area (Å²) in [6.45, 7) is 2.23. The fraction of sp³-hybridized carbons (Fsp3) is 0.174. The molecule has 0 bridgehead atoms. The Morgan fingerprint density at radius 3 is 2.31 bits per heavy atom. The number of nitrogens with zero attached hydrogens (tertiary/aromatic N) is 2. The van der Waals surface area contributed by atoms with Crippen molar-refractivity contribution in [3.63, 3.8) is 0 Å². The second-order valence-electron chi connectivity index (χ2n) is 7.02. The van der Waals surface area contributed by atoms with Crippen LogP contribution in [-0.4, -0.2) is 16.9 Å². The number of hydrogen-bond donors (Lipinski definition) is 0. The maximum Gasteiger partial charge on any atom is 0.274 e. The standard InChI is InChI=1S/C23H20N2O4/c1-16-11-13-18(14-12-16)24-21(19-9-5-6-10-20(19)25(27)28)22(23(24)26)29-15-17-7-3-2-4-8-17/h2-14,21-22H,15H2,1H3/t21-,22+/m1/s1. The average Bonchev–Trinajstić information content (AvgIpc) is 2.74. The zero-order valence-electron chi connectivity index (χ0n) is 15.9. The Labute approximate surface area is 168 Å². The quantitative estimate of drug-likeness (QED) is 0.352. The molecule has 6 nitrogen and oxygen atoms in total. The minimum atomic E-state index is -0.780. The molecule has 1 fully saturated rings. The summed E-state index contributed by atoms with van der Waals surface area (Å²) >= 11 is 0. The summed E-state index contributed by atoms with van der Waals surface area (Å²) in [5, 5.41) is 11.6. The zero-order chi connectivity index (χ0) is 20.4. The molecule has 0 unspecified atom stereocenters. The van der Waals surface area contributed by atoms with Gasteiger partial charge in [-0.1, -0.05) is 60.2 Å². The van der Waals surface area contributed by atoms with Crippen LogP contribution in [-0.2, 0) is 16.1 Å². The monoisotopic (exact) mass is 388 g/mol. The fourth-order valence-electron chi connectivity index (χ4n) is 3.58. The lowest BCUT2D eigenvalue weighted by atomic mass is 9.88. The highest BCUT2D eigenvalue weighted by Gasteiger charge is 2.52. The molecule has 146 valence electrons. The third-order valence-electron chi connectivity index (χ3n) is 5.08. The Balaban J connectivity index is 1.68. The number of carbonyl (C=O) groups is 1. The number of nitro groups is 1. The van der Waals surface area contributed by atoms with Crippen LogP contribution >= 0.6 is 0 Å². The molecular formula is C23H20N2O4. The van der Waals surface area contributed by atoms with Crippen LogP contribution in [0.25, 0.3) is 0 Å². The van der Waals surface area contributed by atoms with Crippen molar-refractivity contribution in [1.29, 1.82) is 0 Å². The lowest BCUT2D eigenvalue weighted by Gasteiger charge is -2.46. The first-order chi connectivity index (χ1) is 14.1. The molecule has 0 aliphatic carbocycles. The summed E-state index contributed by atoms with van der Waals surface area (Å²) in [5.74, 6) is -0.201. The molecule has 0 aromatic heterocycles. The molecule has 29 heavy (non-hydrogen) atoms. The van der Waals surface area contributed by atoms with Gasteiger partial charge < -0.3 is 4.74 Å². The minimum Gasteiger partial charge on any atom is -0.361 e. The molecule has 6 heteroatoms. The predicted molar refractivity (Wildman–Crippen MR) is 110 cm³/mol. The van der Waals surface area contributed by atoms with Crippen LogP contribution in [0.5, 0.6) is 0 Å². The van der Waals surface area contributed by atoms with Crippen LogP contribution in [0.15, 0.2) is 78.9 Å².